The van der Waals surface area contributed by atoms with E-state index in [1.807, 2.05) is 6.07 Å². The number of carboxylic acids is 1. The molecule has 2 aromatic carbocycles. The van der Waals surface area contributed by atoms with Gasteiger partial charge in [0.15, 0.2) is 5.78 Å². The monoisotopic (exact) mass is 270 g/mol. The molecule has 102 valence electrons. The highest BCUT2D eigenvalue weighted by Crippen LogP contribution is 2.21. The van der Waals surface area contributed by atoms with E-state index >= 15 is 0 Å². The first-order valence-electron chi connectivity index (χ1n) is 6.10. The first kappa shape index (κ1) is 13.8. The van der Waals surface area contributed by atoms with Gasteiger partial charge < -0.3 is 9.84 Å². The van der Waals surface area contributed by atoms with Gasteiger partial charge in [-0.15, -0.1) is 0 Å². The molecule has 0 radical (unpaired) electrons. The Kier molecular flexibility index (Phi) is 4.15. The third-order valence-corrected chi connectivity index (χ3v) is 2.93. The average molecular weight is 270 g/mol. The third kappa shape index (κ3) is 3.03. The van der Waals surface area contributed by atoms with E-state index in [0.29, 0.717) is 22.4 Å². The molecule has 4 heteroatoms. The molecule has 0 unspecified atom stereocenters. The van der Waals surface area contributed by atoms with Gasteiger partial charge in [0, 0.05) is 11.1 Å². The van der Waals surface area contributed by atoms with E-state index in [1.54, 1.807) is 42.5 Å². The molecule has 2 aromatic rings. The van der Waals surface area contributed by atoms with E-state index in [-0.39, 0.29) is 12.2 Å². The summed E-state index contributed by atoms with van der Waals surface area (Å²) in [4.78, 5) is 23.3. The van der Waals surface area contributed by atoms with Crippen LogP contribution in [-0.2, 0) is 11.2 Å². The molecule has 2 rings (SSSR count). The van der Waals surface area contributed by atoms with Gasteiger partial charge in [-0.25, -0.2) is 0 Å². The fourth-order valence-corrected chi connectivity index (χ4v) is 1.97. The zero-order valence-electron chi connectivity index (χ0n) is 11.0. The molecule has 0 atom stereocenters. The minimum atomic E-state index is -0.986. The van der Waals surface area contributed by atoms with Crippen LogP contribution in [0.2, 0.25) is 0 Å². The number of methoxy groups -OCH3 is 1. The van der Waals surface area contributed by atoms with Crippen molar-refractivity contribution in [2.75, 3.05) is 7.11 Å². The summed E-state index contributed by atoms with van der Waals surface area (Å²) < 4.78 is 5.07. The van der Waals surface area contributed by atoms with Gasteiger partial charge in [0.05, 0.1) is 13.5 Å². The number of ether oxygens (including phenoxy) is 1. The molecule has 0 amide bonds. The lowest BCUT2D eigenvalue weighted by molar-refractivity contribution is -0.136. The van der Waals surface area contributed by atoms with Crippen molar-refractivity contribution < 1.29 is 19.4 Å². The number of hydrogen-bond acceptors (Lipinski definition) is 3. The molecule has 0 fully saturated rings. The van der Waals surface area contributed by atoms with Crippen LogP contribution in [0.3, 0.4) is 0 Å². The van der Waals surface area contributed by atoms with Crippen LogP contribution in [0.15, 0.2) is 48.5 Å². The normalized spacial score (nSPS) is 10.1. The topological polar surface area (TPSA) is 63.6 Å². The molecule has 0 aliphatic rings. The molecule has 0 aliphatic carbocycles. The van der Waals surface area contributed by atoms with E-state index in [1.165, 1.54) is 7.11 Å². The minimum Gasteiger partial charge on any atom is -0.497 e. The fraction of sp³-hybridized carbons (Fsp3) is 0.125. The maximum Gasteiger partial charge on any atom is 0.307 e. The average Bonchev–Trinajstić information content (AvgIpc) is 2.46. The number of carboxylic acid groups (broad SMARTS) is 1. The Balaban J connectivity index is 2.44. The smallest absolute Gasteiger partial charge is 0.307 e. The highest BCUT2D eigenvalue weighted by molar-refractivity contribution is 6.10. The molecule has 4 nitrogen and oxygen atoms in total. The molecule has 0 spiro atoms. The van der Waals surface area contributed by atoms with Gasteiger partial charge in [-0.2, -0.15) is 0 Å². The number of rotatable bonds is 5. The quantitative estimate of drug-likeness (QED) is 0.848. The van der Waals surface area contributed by atoms with Crippen LogP contribution in [0.4, 0.5) is 0 Å². The summed E-state index contributed by atoms with van der Waals surface area (Å²) in [6.07, 6.45) is -0.217. The van der Waals surface area contributed by atoms with Crippen molar-refractivity contribution in [3.63, 3.8) is 0 Å². The van der Waals surface area contributed by atoms with Gasteiger partial charge in [-0.1, -0.05) is 30.3 Å². The Morgan fingerprint density at radius 2 is 1.80 bits per heavy atom. The molecule has 0 aromatic heterocycles. The summed E-state index contributed by atoms with van der Waals surface area (Å²) in [6.45, 7) is 0. The Hall–Kier alpha value is -2.62. The molecular weight excluding hydrogens is 256 g/mol. The molecule has 1 N–H and O–H groups in total. The molecule has 0 bridgehead atoms. The Morgan fingerprint density at radius 1 is 1.10 bits per heavy atom. The number of hydrogen-bond donors (Lipinski definition) is 1. The van der Waals surface area contributed by atoms with Crippen molar-refractivity contribution in [3.05, 3.63) is 65.2 Å². The van der Waals surface area contributed by atoms with Crippen molar-refractivity contribution >= 4 is 11.8 Å². The number of benzene rings is 2. The molecule has 0 saturated heterocycles. The van der Waals surface area contributed by atoms with Crippen LogP contribution in [0.1, 0.15) is 21.5 Å². The maximum atomic E-state index is 12.4. The van der Waals surface area contributed by atoms with Crippen molar-refractivity contribution in [2.24, 2.45) is 0 Å². The van der Waals surface area contributed by atoms with E-state index < -0.39 is 5.97 Å². The molecule has 0 aliphatic heterocycles. The largest absolute Gasteiger partial charge is 0.497 e. The van der Waals surface area contributed by atoms with Gasteiger partial charge >= 0.3 is 5.97 Å². The van der Waals surface area contributed by atoms with Gasteiger partial charge in [0.1, 0.15) is 5.75 Å². The summed E-state index contributed by atoms with van der Waals surface area (Å²) in [5, 5.41) is 8.96. The van der Waals surface area contributed by atoms with Gasteiger partial charge in [0.25, 0.3) is 0 Å². The highest BCUT2D eigenvalue weighted by atomic mass is 16.5. The molecule has 20 heavy (non-hydrogen) atoms. The third-order valence-electron chi connectivity index (χ3n) is 2.93. The standard InChI is InChI=1S/C16H14O4/c1-20-13-7-8-14(12(9-13)10-15(17)18)16(19)11-5-3-2-4-6-11/h2-9H,10H2,1H3,(H,17,18). The van der Waals surface area contributed by atoms with E-state index in [9.17, 15) is 9.59 Å². The summed E-state index contributed by atoms with van der Waals surface area (Å²) in [6, 6.07) is 13.6. The second-order valence-corrected chi connectivity index (χ2v) is 4.29. The van der Waals surface area contributed by atoms with Crippen LogP contribution in [0, 0.1) is 0 Å². The molecular formula is C16H14O4. The predicted molar refractivity (Wildman–Crippen MR) is 74.2 cm³/mol. The van der Waals surface area contributed by atoms with Gasteiger partial charge in [-0.3, -0.25) is 9.59 Å². The second-order valence-electron chi connectivity index (χ2n) is 4.29. The lowest BCUT2D eigenvalue weighted by atomic mass is 9.96. The number of aliphatic carboxylic acids is 1. The van der Waals surface area contributed by atoms with Crippen LogP contribution < -0.4 is 4.74 Å². The van der Waals surface area contributed by atoms with Crippen LogP contribution in [-0.4, -0.2) is 24.0 Å². The zero-order valence-corrected chi connectivity index (χ0v) is 11.0. The van der Waals surface area contributed by atoms with E-state index in [0.717, 1.165) is 0 Å². The van der Waals surface area contributed by atoms with E-state index in [4.69, 9.17) is 9.84 Å². The predicted octanol–water partition coefficient (Wildman–Crippen LogP) is 2.55. The lowest BCUT2D eigenvalue weighted by Crippen LogP contribution is -2.09. The fourth-order valence-electron chi connectivity index (χ4n) is 1.97. The van der Waals surface area contributed by atoms with Crippen LogP contribution in [0.5, 0.6) is 5.75 Å². The summed E-state index contributed by atoms with van der Waals surface area (Å²) in [5.41, 5.74) is 1.37. The molecule has 0 heterocycles. The van der Waals surface area contributed by atoms with Crippen LogP contribution >= 0.6 is 0 Å². The van der Waals surface area contributed by atoms with Gasteiger partial charge in [0.2, 0.25) is 0 Å². The summed E-state index contributed by atoms with van der Waals surface area (Å²) >= 11 is 0. The SMILES string of the molecule is COc1ccc(C(=O)c2ccccc2)c(CC(=O)O)c1. The molecule has 0 saturated carbocycles. The van der Waals surface area contributed by atoms with E-state index in [2.05, 4.69) is 0 Å². The van der Waals surface area contributed by atoms with Crippen LogP contribution in [0.25, 0.3) is 0 Å². The first-order chi connectivity index (χ1) is 9.61. The zero-order chi connectivity index (χ0) is 14.5. The first-order valence-corrected chi connectivity index (χ1v) is 6.10. The Morgan fingerprint density at radius 3 is 2.40 bits per heavy atom. The second kappa shape index (κ2) is 6.02. The Labute approximate surface area is 116 Å². The summed E-state index contributed by atoms with van der Waals surface area (Å²) in [5.74, 6) is -0.643. The Bertz CT molecular complexity index is 632. The van der Waals surface area contributed by atoms with Crippen molar-refractivity contribution in [3.8, 4) is 5.75 Å². The number of carbonyl (C=O) groups excluding carboxylic acids is 1. The minimum absolute atomic E-state index is 0.190. The van der Waals surface area contributed by atoms with Crippen molar-refractivity contribution in [1.29, 1.82) is 0 Å². The summed E-state index contributed by atoms with van der Waals surface area (Å²) in [7, 11) is 1.50. The number of ketones is 1. The maximum absolute atomic E-state index is 12.4. The lowest BCUT2D eigenvalue weighted by Gasteiger charge is -2.09. The number of carbonyl (C=O) groups is 2. The van der Waals surface area contributed by atoms with Gasteiger partial charge in [-0.05, 0) is 23.8 Å². The van der Waals surface area contributed by atoms with Crippen molar-refractivity contribution in [2.45, 2.75) is 6.42 Å². The highest BCUT2D eigenvalue weighted by Gasteiger charge is 2.16. The van der Waals surface area contributed by atoms with Crippen molar-refractivity contribution in [1.82, 2.24) is 0 Å².